The van der Waals surface area contributed by atoms with Crippen molar-refractivity contribution in [2.45, 2.75) is 44.7 Å². The molecule has 0 spiro atoms. The van der Waals surface area contributed by atoms with Crippen molar-refractivity contribution < 1.29 is 4.79 Å². The van der Waals surface area contributed by atoms with Crippen LogP contribution >= 0.6 is 0 Å². The molecule has 0 aromatic carbocycles. The molecule has 2 fully saturated rings. The van der Waals surface area contributed by atoms with Gasteiger partial charge in [-0.3, -0.25) is 4.79 Å². The van der Waals surface area contributed by atoms with Gasteiger partial charge in [-0.15, -0.1) is 0 Å². The first kappa shape index (κ1) is 9.00. The minimum absolute atomic E-state index is 0.219. The Balaban J connectivity index is 1.75. The highest BCUT2D eigenvalue weighted by Crippen LogP contribution is 2.21. The molecule has 1 aliphatic carbocycles. The van der Waals surface area contributed by atoms with Gasteiger partial charge in [-0.05, 0) is 32.6 Å². The van der Waals surface area contributed by atoms with Gasteiger partial charge < -0.3 is 10.6 Å². The molecular weight excluding hydrogens is 164 g/mol. The fourth-order valence-electron chi connectivity index (χ4n) is 1.77. The largest absolute Gasteiger partial charge is 0.353 e. The lowest BCUT2D eigenvalue weighted by Gasteiger charge is -2.26. The van der Waals surface area contributed by atoms with Crippen LogP contribution in [-0.2, 0) is 4.79 Å². The average molecular weight is 182 g/mol. The van der Waals surface area contributed by atoms with E-state index in [1.807, 2.05) is 0 Å². The van der Waals surface area contributed by atoms with Gasteiger partial charge in [0, 0.05) is 18.6 Å². The fraction of sp³-hybridized carbons (Fsp3) is 0.900. The van der Waals surface area contributed by atoms with Crippen LogP contribution in [0.25, 0.3) is 0 Å². The molecule has 3 nitrogen and oxygen atoms in total. The molecule has 0 unspecified atom stereocenters. The monoisotopic (exact) mass is 182 g/mol. The molecule has 0 aromatic heterocycles. The van der Waals surface area contributed by atoms with Crippen molar-refractivity contribution in [2.24, 2.45) is 5.92 Å². The van der Waals surface area contributed by atoms with Crippen molar-refractivity contribution in [2.75, 3.05) is 6.54 Å². The zero-order chi connectivity index (χ0) is 9.26. The average Bonchev–Trinajstić information content (AvgIpc) is 2.89. The highest BCUT2D eigenvalue weighted by molar-refractivity contribution is 5.79. The Labute approximate surface area is 79.3 Å². The first-order chi connectivity index (χ1) is 6.25. The van der Waals surface area contributed by atoms with Crippen molar-refractivity contribution in [3.8, 4) is 0 Å². The van der Waals surface area contributed by atoms with Crippen LogP contribution in [0.1, 0.15) is 32.6 Å². The molecule has 0 aromatic rings. The molecule has 2 aliphatic rings. The number of hydrogen-bond acceptors (Lipinski definition) is 2. The Morgan fingerprint density at radius 2 is 2.08 bits per heavy atom. The number of piperidine rings is 1. The zero-order valence-electron chi connectivity index (χ0n) is 8.18. The summed E-state index contributed by atoms with van der Waals surface area (Å²) in [6.07, 6.45) is 4.54. The van der Waals surface area contributed by atoms with E-state index in [1.165, 1.54) is 12.8 Å². The Hall–Kier alpha value is -0.570. The maximum atomic E-state index is 11.6. The van der Waals surface area contributed by atoms with E-state index in [9.17, 15) is 4.79 Å². The van der Waals surface area contributed by atoms with E-state index < -0.39 is 0 Å². The number of carbonyl (C=O) groups excluding carboxylic acids is 1. The van der Waals surface area contributed by atoms with Crippen LogP contribution in [0.2, 0.25) is 0 Å². The molecule has 1 aliphatic heterocycles. The Bertz CT molecular complexity index is 193. The predicted octanol–water partition coefficient (Wildman–Crippen LogP) is 0.653. The molecule has 1 amide bonds. The van der Waals surface area contributed by atoms with E-state index in [-0.39, 0.29) is 11.8 Å². The first-order valence-corrected chi connectivity index (χ1v) is 5.29. The van der Waals surface area contributed by atoms with Crippen LogP contribution in [0.15, 0.2) is 0 Å². The van der Waals surface area contributed by atoms with E-state index in [0.29, 0.717) is 12.1 Å². The number of hydrogen-bond donors (Lipinski definition) is 2. The maximum Gasteiger partial charge on any atom is 0.224 e. The van der Waals surface area contributed by atoms with E-state index in [1.54, 1.807) is 0 Å². The van der Waals surface area contributed by atoms with Gasteiger partial charge in [-0.1, -0.05) is 0 Å². The third-order valence-electron chi connectivity index (χ3n) is 2.96. The predicted molar refractivity (Wildman–Crippen MR) is 51.4 cm³/mol. The standard InChI is InChI=1S/C10H18N2O/c1-7-2-3-8(6-11-7)10(13)12-9-4-5-9/h7-9,11H,2-6H2,1H3,(H,12,13)/t7-,8+/m0/s1. The summed E-state index contributed by atoms with van der Waals surface area (Å²) < 4.78 is 0. The topological polar surface area (TPSA) is 41.1 Å². The van der Waals surface area contributed by atoms with Crippen molar-refractivity contribution in [3.05, 3.63) is 0 Å². The highest BCUT2D eigenvalue weighted by atomic mass is 16.2. The Kier molecular flexibility index (Phi) is 2.54. The van der Waals surface area contributed by atoms with Gasteiger partial charge >= 0.3 is 0 Å². The second-order valence-electron chi connectivity index (χ2n) is 4.37. The molecule has 1 saturated heterocycles. The molecule has 0 radical (unpaired) electrons. The van der Waals surface area contributed by atoms with Crippen LogP contribution in [0, 0.1) is 5.92 Å². The van der Waals surface area contributed by atoms with Crippen molar-refractivity contribution in [1.29, 1.82) is 0 Å². The minimum atomic E-state index is 0.219. The lowest BCUT2D eigenvalue weighted by Crippen LogP contribution is -2.44. The molecule has 2 N–H and O–H groups in total. The number of nitrogens with one attached hydrogen (secondary N) is 2. The van der Waals surface area contributed by atoms with Crippen molar-refractivity contribution in [3.63, 3.8) is 0 Å². The van der Waals surface area contributed by atoms with Crippen LogP contribution in [-0.4, -0.2) is 24.5 Å². The molecule has 3 heteroatoms. The third-order valence-corrected chi connectivity index (χ3v) is 2.96. The van der Waals surface area contributed by atoms with Gasteiger partial charge in [-0.2, -0.15) is 0 Å². The minimum Gasteiger partial charge on any atom is -0.353 e. The summed E-state index contributed by atoms with van der Waals surface area (Å²) in [5.41, 5.74) is 0. The first-order valence-electron chi connectivity index (χ1n) is 5.29. The van der Waals surface area contributed by atoms with E-state index >= 15 is 0 Å². The molecule has 2 rings (SSSR count). The SMILES string of the molecule is C[C@H]1CC[C@@H](C(=O)NC2CC2)CN1. The molecule has 74 valence electrons. The van der Waals surface area contributed by atoms with Gasteiger partial charge in [-0.25, -0.2) is 0 Å². The van der Waals surface area contributed by atoms with Crippen LogP contribution in [0.4, 0.5) is 0 Å². The van der Waals surface area contributed by atoms with Crippen LogP contribution in [0.5, 0.6) is 0 Å². The summed E-state index contributed by atoms with van der Waals surface area (Å²) in [5, 5.41) is 6.41. The smallest absolute Gasteiger partial charge is 0.224 e. The summed E-state index contributed by atoms with van der Waals surface area (Å²) in [6.45, 7) is 3.04. The maximum absolute atomic E-state index is 11.6. The summed E-state index contributed by atoms with van der Waals surface area (Å²) in [5.74, 6) is 0.485. The number of carbonyl (C=O) groups is 1. The van der Waals surface area contributed by atoms with E-state index in [4.69, 9.17) is 0 Å². The summed E-state index contributed by atoms with van der Waals surface area (Å²) in [4.78, 5) is 11.6. The van der Waals surface area contributed by atoms with Gasteiger partial charge in [0.1, 0.15) is 0 Å². The number of rotatable bonds is 2. The summed E-state index contributed by atoms with van der Waals surface area (Å²) in [7, 11) is 0. The summed E-state index contributed by atoms with van der Waals surface area (Å²) >= 11 is 0. The molecule has 1 heterocycles. The molecule has 1 saturated carbocycles. The quantitative estimate of drug-likeness (QED) is 0.658. The van der Waals surface area contributed by atoms with Crippen molar-refractivity contribution in [1.82, 2.24) is 10.6 Å². The normalized spacial score (nSPS) is 34.2. The van der Waals surface area contributed by atoms with E-state index in [0.717, 1.165) is 19.4 Å². The Morgan fingerprint density at radius 3 is 2.62 bits per heavy atom. The molecule has 2 atom stereocenters. The second kappa shape index (κ2) is 3.66. The highest BCUT2D eigenvalue weighted by Gasteiger charge is 2.29. The molecule has 0 bridgehead atoms. The zero-order valence-corrected chi connectivity index (χ0v) is 8.18. The van der Waals surface area contributed by atoms with E-state index in [2.05, 4.69) is 17.6 Å². The number of amides is 1. The third kappa shape index (κ3) is 2.44. The van der Waals surface area contributed by atoms with Gasteiger partial charge in [0.25, 0.3) is 0 Å². The van der Waals surface area contributed by atoms with Crippen molar-refractivity contribution >= 4 is 5.91 Å². The van der Waals surface area contributed by atoms with Crippen LogP contribution in [0.3, 0.4) is 0 Å². The van der Waals surface area contributed by atoms with Crippen LogP contribution < -0.4 is 10.6 Å². The fourth-order valence-corrected chi connectivity index (χ4v) is 1.77. The molecular formula is C10H18N2O. The second-order valence-corrected chi connectivity index (χ2v) is 4.37. The van der Waals surface area contributed by atoms with Gasteiger partial charge in [0.15, 0.2) is 0 Å². The lowest BCUT2D eigenvalue weighted by molar-refractivity contribution is -0.125. The molecule has 13 heavy (non-hydrogen) atoms. The Morgan fingerprint density at radius 1 is 1.31 bits per heavy atom. The summed E-state index contributed by atoms with van der Waals surface area (Å²) in [6, 6.07) is 1.09. The lowest BCUT2D eigenvalue weighted by atomic mass is 9.95. The van der Waals surface area contributed by atoms with Gasteiger partial charge in [0.05, 0.1) is 5.92 Å². The van der Waals surface area contributed by atoms with Gasteiger partial charge in [0.2, 0.25) is 5.91 Å².